The Morgan fingerprint density at radius 1 is 1.10 bits per heavy atom. The number of para-hydroxylation sites is 1. The maximum absolute atomic E-state index is 13.2. The van der Waals surface area contributed by atoms with E-state index in [2.05, 4.69) is 9.97 Å². The minimum absolute atomic E-state index is 0.0573. The average Bonchev–Trinajstić information content (AvgIpc) is 2.76. The Morgan fingerprint density at radius 3 is 2.70 bits per heavy atom. The number of methoxy groups -OCH3 is 1. The molecule has 0 aliphatic carbocycles. The van der Waals surface area contributed by atoms with Crippen LogP contribution in [0.4, 0.5) is 0 Å². The maximum Gasteiger partial charge on any atom is 0.262 e. The Bertz CT molecular complexity index is 1260. The number of hydrogen-bond acceptors (Lipinski definition) is 6. The van der Waals surface area contributed by atoms with Crippen molar-refractivity contribution in [1.29, 1.82) is 0 Å². The molecule has 0 unspecified atom stereocenters. The molecule has 0 saturated carbocycles. The van der Waals surface area contributed by atoms with Crippen LogP contribution in [0.15, 0.2) is 64.9 Å². The van der Waals surface area contributed by atoms with Gasteiger partial charge in [-0.3, -0.25) is 19.3 Å². The van der Waals surface area contributed by atoms with Gasteiger partial charge in [0.25, 0.3) is 5.56 Å². The lowest BCUT2D eigenvalue weighted by Crippen LogP contribution is -2.24. The first kappa shape index (κ1) is 20.1. The molecule has 1 aromatic carbocycles. The van der Waals surface area contributed by atoms with Crippen LogP contribution in [-0.2, 0) is 12.3 Å². The van der Waals surface area contributed by atoms with Crippen molar-refractivity contribution in [3.63, 3.8) is 0 Å². The molecule has 4 aromatic rings. The molecule has 4 rings (SSSR count). The van der Waals surface area contributed by atoms with Crippen molar-refractivity contribution in [3.05, 3.63) is 87.7 Å². The Kier molecular flexibility index (Phi) is 5.81. The number of aromatic nitrogens is 4. The van der Waals surface area contributed by atoms with E-state index in [0.717, 1.165) is 28.1 Å². The molecule has 152 valence electrons. The normalized spacial score (nSPS) is 11.0. The Labute approximate surface area is 179 Å². The van der Waals surface area contributed by atoms with Gasteiger partial charge in [-0.1, -0.05) is 30.0 Å². The van der Waals surface area contributed by atoms with Crippen LogP contribution in [0.3, 0.4) is 0 Å². The van der Waals surface area contributed by atoms with Gasteiger partial charge in [-0.15, -0.1) is 0 Å². The first-order valence-corrected chi connectivity index (χ1v) is 10.6. The van der Waals surface area contributed by atoms with E-state index in [0.29, 0.717) is 28.4 Å². The Hall–Kier alpha value is -3.19. The van der Waals surface area contributed by atoms with Crippen molar-refractivity contribution >= 4 is 22.7 Å². The summed E-state index contributed by atoms with van der Waals surface area (Å²) in [6, 6.07) is 11.3. The van der Waals surface area contributed by atoms with Gasteiger partial charge >= 0.3 is 0 Å². The molecule has 0 amide bonds. The van der Waals surface area contributed by atoms with Crippen LogP contribution in [0.5, 0.6) is 5.75 Å². The summed E-state index contributed by atoms with van der Waals surface area (Å²) in [6.45, 7) is 4.40. The van der Waals surface area contributed by atoms with Gasteiger partial charge in [0, 0.05) is 35.5 Å². The van der Waals surface area contributed by atoms with Crippen molar-refractivity contribution < 1.29 is 4.74 Å². The van der Waals surface area contributed by atoms with Crippen molar-refractivity contribution in [2.24, 2.45) is 0 Å². The summed E-state index contributed by atoms with van der Waals surface area (Å²) in [5.74, 6) is 1.43. The van der Waals surface area contributed by atoms with Crippen molar-refractivity contribution in [3.8, 4) is 5.75 Å². The molecule has 7 heteroatoms. The van der Waals surface area contributed by atoms with Crippen molar-refractivity contribution in [2.75, 3.05) is 7.11 Å². The summed E-state index contributed by atoms with van der Waals surface area (Å²) >= 11 is 1.50. The number of benzene rings is 1. The predicted molar refractivity (Wildman–Crippen MR) is 119 cm³/mol. The van der Waals surface area contributed by atoms with E-state index in [1.54, 1.807) is 24.1 Å². The lowest BCUT2D eigenvalue weighted by molar-refractivity contribution is 0.407. The summed E-state index contributed by atoms with van der Waals surface area (Å²) in [4.78, 5) is 26.8. The van der Waals surface area contributed by atoms with Crippen LogP contribution in [0.2, 0.25) is 0 Å². The summed E-state index contributed by atoms with van der Waals surface area (Å²) < 4.78 is 7.23. The number of nitrogens with zero attached hydrogens (tertiary/aromatic N) is 4. The quantitative estimate of drug-likeness (QED) is 0.346. The molecule has 0 atom stereocenters. The molecular weight excluding hydrogens is 396 g/mol. The molecule has 0 aliphatic rings. The average molecular weight is 419 g/mol. The van der Waals surface area contributed by atoms with Gasteiger partial charge in [-0.2, -0.15) is 0 Å². The summed E-state index contributed by atoms with van der Waals surface area (Å²) in [5.41, 5.74) is 4.51. The molecule has 0 bridgehead atoms. The summed E-state index contributed by atoms with van der Waals surface area (Å²) in [6.07, 6.45) is 5.31. The largest absolute Gasteiger partial charge is 0.496 e. The molecule has 0 N–H and O–H groups in total. The minimum atomic E-state index is -0.0573. The zero-order valence-electron chi connectivity index (χ0n) is 17.1. The molecule has 6 nitrogen and oxygen atoms in total. The van der Waals surface area contributed by atoms with Crippen molar-refractivity contribution in [2.45, 2.75) is 31.3 Å². The third-order valence-corrected chi connectivity index (χ3v) is 5.97. The van der Waals surface area contributed by atoms with Gasteiger partial charge in [0.15, 0.2) is 5.16 Å². The van der Waals surface area contributed by atoms with Gasteiger partial charge in [0.05, 0.1) is 30.3 Å². The zero-order valence-corrected chi connectivity index (χ0v) is 17.9. The number of fused-ring (bicyclic) bond motifs is 1. The molecule has 30 heavy (non-hydrogen) atoms. The molecule has 3 aromatic heterocycles. The smallest absolute Gasteiger partial charge is 0.262 e. The third kappa shape index (κ3) is 3.93. The highest BCUT2D eigenvalue weighted by Gasteiger charge is 2.15. The number of ether oxygens (including phenoxy) is 1. The lowest BCUT2D eigenvalue weighted by atomic mass is 10.1. The molecule has 0 spiro atoms. The highest BCUT2D eigenvalue weighted by molar-refractivity contribution is 7.98. The monoisotopic (exact) mass is 418 g/mol. The SMILES string of the molecule is COc1c(C)cnc(CSc2nc3ccccc3c(=O)n2Cc2cccnc2)c1C. The summed E-state index contributed by atoms with van der Waals surface area (Å²) in [5, 5.41) is 1.26. The second-order valence-electron chi connectivity index (χ2n) is 7.00. The highest BCUT2D eigenvalue weighted by atomic mass is 32.2. The number of aryl methyl sites for hydroxylation is 1. The van der Waals surface area contributed by atoms with Gasteiger partial charge in [-0.05, 0) is 37.6 Å². The standard InChI is InChI=1S/C23H22N4O2S/c1-15-11-25-20(16(2)21(15)29-3)14-30-23-26-19-9-5-4-8-18(19)22(28)27(23)13-17-7-6-10-24-12-17/h4-12H,13-14H2,1-3H3. The molecule has 0 radical (unpaired) electrons. The molecule has 3 heterocycles. The van der Waals surface area contributed by atoms with E-state index in [9.17, 15) is 4.79 Å². The fourth-order valence-electron chi connectivity index (χ4n) is 3.42. The van der Waals surface area contributed by atoms with Crippen LogP contribution in [0.25, 0.3) is 10.9 Å². The molecule has 0 aliphatic heterocycles. The first-order chi connectivity index (χ1) is 14.6. The van der Waals surface area contributed by atoms with E-state index < -0.39 is 0 Å². The van der Waals surface area contributed by atoms with Crippen molar-refractivity contribution in [1.82, 2.24) is 19.5 Å². The third-order valence-electron chi connectivity index (χ3n) is 4.98. The number of rotatable bonds is 6. The predicted octanol–water partition coefficient (Wildman–Crippen LogP) is 4.15. The van der Waals surface area contributed by atoms with Gasteiger partial charge < -0.3 is 4.74 Å². The summed E-state index contributed by atoms with van der Waals surface area (Å²) in [7, 11) is 1.67. The lowest BCUT2D eigenvalue weighted by Gasteiger charge is -2.15. The number of hydrogen-bond donors (Lipinski definition) is 0. The van der Waals surface area contributed by atoms with Gasteiger partial charge in [0.2, 0.25) is 0 Å². The van der Waals surface area contributed by atoms with Crippen LogP contribution in [0, 0.1) is 13.8 Å². The zero-order chi connectivity index (χ0) is 21.1. The maximum atomic E-state index is 13.2. The highest BCUT2D eigenvalue weighted by Crippen LogP contribution is 2.29. The molecular formula is C23H22N4O2S. The first-order valence-electron chi connectivity index (χ1n) is 9.59. The van der Waals surface area contributed by atoms with E-state index in [-0.39, 0.29) is 5.56 Å². The minimum Gasteiger partial charge on any atom is -0.496 e. The topological polar surface area (TPSA) is 69.9 Å². The van der Waals surface area contributed by atoms with E-state index in [1.165, 1.54) is 11.8 Å². The molecule has 0 saturated heterocycles. The number of thioether (sulfide) groups is 1. The Balaban J connectivity index is 1.74. The Morgan fingerprint density at radius 2 is 1.93 bits per heavy atom. The van der Waals surface area contributed by atoms with E-state index in [4.69, 9.17) is 9.72 Å². The fraction of sp³-hybridized carbons (Fsp3) is 0.217. The van der Waals surface area contributed by atoms with E-state index in [1.807, 2.05) is 56.4 Å². The van der Waals surface area contributed by atoms with Gasteiger partial charge in [0.1, 0.15) is 5.75 Å². The van der Waals surface area contributed by atoms with Crippen LogP contribution in [0.1, 0.15) is 22.4 Å². The number of pyridine rings is 2. The second kappa shape index (κ2) is 8.67. The van der Waals surface area contributed by atoms with E-state index >= 15 is 0 Å². The van der Waals surface area contributed by atoms with Crippen LogP contribution >= 0.6 is 11.8 Å². The van der Waals surface area contributed by atoms with Crippen LogP contribution < -0.4 is 10.3 Å². The second-order valence-corrected chi connectivity index (χ2v) is 7.94. The van der Waals surface area contributed by atoms with Crippen LogP contribution in [-0.4, -0.2) is 26.6 Å². The molecule has 0 fully saturated rings. The fourth-order valence-corrected chi connectivity index (χ4v) is 4.44. The van der Waals surface area contributed by atoms with Gasteiger partial charge in [-0.25, -0.2) is 4.98 Å².